The number of para-hydroxylation sites is 1. The Bertz CT molecular complexity index is 1230. The molecule has 35 heavy (non-hydrogen) atoms. The van der Waals surface area contributed by atoms with Gasteiger partial charge in [0, 0.05) is 27.6 Å². The number of carbonyl (C=O) groups excluding carboxylic acids is 1. The second-order valence-corrected chi connectivity index (χ2v) is 9.60. The molecule has 0 saturated heterocycles. The third-order valence-electron chi connectivity index (χ3n) is 5.48. The first-order valence-electron chi connectivity index (χ1n) is 11.7. The molecule has 1 atom stereocenters. The highest BCUT2D eigenvalue weighted by molar-refractivity contribution is 7.99. The first-order valence-corrected chi connectivity index (χ1v) is 13.1. The molecule has 0 radical (unpaired) electrons. The molecule has 0 saturated carbocycles. The molecule has 1 unspecified atom stereocenters. The fourth-order valence-corrected chi connectivity index (χ4v) is 4.69. The molecule has 0 amide bonds. The summed E-state index contributed by atoms with van der Waals surface area (Å²) in [5, 5.41) is 9.30. The molecule has 0 bridgehead atoms. The van der Waals surface area contributed by atoms with Crippen LogP contribution in [0.15, 0.2) is 65.0 Å². The van der Waals surface area contributed by atoms with E-state index in [9.17, 15) is 4.79 Å². The van der Waals surface area contributed by atoms with Crippen molar-refractivity contribution >= 4 is 35.3 Å². The van der Waals surface area contributed by atoms with Crippen molar-refractivity contribution in [2.45, 2.75) is 51.4 Å². The number of nitrogens with zero attached hydrogens (tertiary/aromatic N) is 3. The Labute approximate surface area is 214 Å². The third kappa shape index (κ3) is 5.65. The van der Waals surface area contributed by atoms with E-state index in [2.05, 4.69) is 17.2 Å². The van der Waals surface area contributed by atoms with Gasteiger partial charge in [0.15, 0.2) is 0 Å². The molecule has 2 aromatic carbocycles. The standard InChI is InChI=1S/C26H29ClN4O3S/c1-4-14-33-24(32)22-17(3)28-25-29-26(35-15-5-2)30-31(25)23(22)19-11-7-9-13-21(19)34-16-18-10-6-8-12-20(18)27/h6-13,23H,4-5,14-16H2,1-3H3,(H,28,29,30). The van der Waals surface area contributed by atoms with Crippen LogP contribution in [0.2, 0.25) is 5.02 Å². The highest BCUT2D eigenvalue weighted by Crippen LogP contribution is 2.40. The van der Waals surface area contributed by atoms with Gasteiger partial charge in [0.1, 0.15) is 18.4 Å². The summed E-state index contributed by atoms with van der Waals surface area (Å²) in [6, 6.07) is 14.7. The number of rotatable bonds is 10. The van der Waals surface area contributed by atoms with Gasteiger partial charge in [0.25, 0.3) is 0 Å². The van der Waals surface area contributed by atoms with Gasteiger partial charge in [-0.05, 0) is 31.9 Å². The van der Waals surface area contributed by atoms with Crippen molar-refractivity contribution < 1.29 is 14.3 Å². The van der Waals surface area contributed by atoms with Crippen molar-refractivity contribution in [3.8, 4) is 5.75 Å². The Hall–Kier alpha value is -2.97. The van der Waals surface area contributed by atoms with E-state index in [1.54, 1.807) is 16.4 Å². The molecule has 1 N–H and O–H groups in total. The van der Waals surface area contributed by atoms with Crippen LogP contribution in [0.5, 0.6) is 5.75 Å². The van der Waals surface area contributed by atoms with Gasteiger partial charge in [0.2, 0.25) is 11.1 Å². The fourth-order valence-electron chi connectivity index (χ4n) is 3.82. The zero-order valence-corrected chi connectivity index (χ0v) is 21.7. The minimum Gasteiger partial charge on any atom is -0.488 e. The number of allylic oxidation sites excluding steroid dienone is 1. The molecule has 0 fully saturated rings. The second kappa shape index (κ2) is 11.6. The predicted octanol–water partition coefficient (Wildman–Crippen LogP) is 6.25. The van der Waals surface area contributed by atoms with E-state index < -0.39 is 6.04 Å². The molecule has 4 rings (SSSR count). The van der Waals surface area contributed by atoms with Crippen LogP contribution in [0.1, 0.15) is 50.8 Å². The highest BCUT2D eigenvalue weighted by atomic mass is 35.5. The molecule has 3 aromatic rings. The summed E-state index contributed by atoms with van der Waals surface area (Å²) in [6.45, 7) is 6.58. The summed E-state index contributed by atoms with van der Waals surface area (Å²) in [7, 11) is 0. The maximum Gasteiger partial charge on any atom is 0.338 e. The first-order chi connectivity index (χ1) is 17.0. The second-order valence-electron chi connectivity index (χ2n) is 8.13. The number of halogens is 1. The van der Waals surface area contributed by atoms with Crippen LogP contribution < -0.4 is 10.1 Å². The number of benzene rings is 2. The summed E-state index contributed by atoms with van der Waals surface area (Å²) in [4.78, 5) is 17.9. The number of thioether (sulfide) groups is 1. The maximum atomic E-state index is 13.2. The van der Waals surface area contributed by atoms with Crippen LogP contribution in [0.4, 0.5) is 5.95 Å². The summed E-state index contributed by atoms with van der Waals surface area (Å²) < 4.78 is 13.6. The maximum absolute atomic E-state index is 13.2. The fraction of sp³-hybridized carbons (Fsp3) is 0.346. The Morgan fingerprint density at radius 2 is 1.91 bits per heavy atom. The number of ether oxygens (including phenoxy) is 2. The number of fused-ring (bicyclic) bond motifs is 1. The van der Waals surface area contributed by atoms with Gasteiger partial charge in [-0.15, -0.1) is 5.10 Å². The number of aromatic nitrogens is 3. The van der Waals surface area contributed by atoms with Gasteiger partial charge in [-0.25, -0.2) is 9.48 Å². The summed E-state index contributed by atoms with van der Waals surface area (Å²) >= 11 is 7.93. The van der Waals surface area contributed by atoms with Crippen molar-refractivity contribution in [2.24, 2.45) is 0 Å². The zero-order chi connectivity index (χ0) is 24.8. The third-order valence-corrected chi connectivity index (χ3v) is 6.89. The normalized spacial score (nSPS) is 14.9. The number of hydrogen-bond donors (Lipinski definition) is 1. The number of carbonyl (C=O) groups is 1. The highest BCUT2D eigenvalue weighted by Gasteiger charge is 2.36. The molecule has 1 aliphatic rings. The van der Waals surface area contributed by atoms with E-state index in [1.807, 2.05) is 62.4 Å². The Morgan fingerprint density at radius 1 is 1.14 bits per heavy atom. The van der Waals surface area contributed by atoms with Gasteiger partial charge in [-0.1, -0.05) is 73.6 Å². The van der Waals surface area contributed by atoms with Crippen molar-refractivity contribution in [3.63, 3.8) is 0 Å². The van der Waals surface area contributed by atoms with Crippen molar-refractivity contribution in [3.05, 3.63) is 76.0 Å². The van der Waals surface area contributed by atoms with Gasteiger partial charge in [0.05, 0.1) is 12.2 Å². The van der Waals surface area contributed by atoms with Gasteiger partial charge >= 0.3 is 5.97 Å². The number of esters is 1. The molecule has 2 heterocycles. The van der Waals surface area contributed by atoms with Gasteiger partial charge in [-0.3, -0.25) is 0 Å². The number of hydrogen-bond acceptors (Lipinski definition) is 7. The zero-order valence-electron chi connectivity index (χ0n) is 20.1. The summed E-state index contributed by atoms with van der Waals surface area (Å²) in [5.41, 5.74) is 2.84. The minimum atomic E-state index is -0.554. The predicted molar refractivity (Wildman–Crippen MR) is 139 cm³/mol. The van der Waals surface area contributed by atoms with Crippen molar-refractivity contribution in [1.82, 2.24) is 14.8 Å². The minimum absolute atomic E-state index is 0.293. The molecule has 1 aromatic heterocycles. The number of nitrogens with one attached hydrogen (secondary N) is 1. The molecule has 9 heteroatoms. The van der Waals surface area contributed by atoms with Crippen LogP contribution in [0.25, 0.3) is 0 Å². The number of anilines is 1. The topological polar surface area (TPSA) is 78.3 Å². The van der Waals surface area contributed by atoms with Gasteiger partial charge in [-0.2, -0.15) is 4.98 Å². The van der Waals surface area contributed by atoms with E-state index in [0.717, 1.165) is 29.7 Å². The molecule has 0 aliphatic carbocycles. The lowest BCUT2D eigenvalue weighted by Gasteiger charge is -2.29. The van der Waals surface area contributed by atoms with Crippen LogP contribution in [0, 0.1) is 0 Å². The molecule has 1 aliphatic heterocycles. The lowest BCUT2D eigenvalue weighted by Crippen LogP contribution is -2.30. The lowest BCUT2D eigenvalue weighted by molar-refractivity contribution is -0.139. The lowest BCUT2D eigenvalue weighted by atomic mass is 9.95. The van der Waals surface area contributed by atoms with Crippen LogP contribution in [-0.4, -0.2) is 33.1 Å². The summed E-state index contributed by atoms with van der Waals surface area (Å²) in [6.07, 6.45) is 1.75. The van der Waals surface area contributed by atoms with E-state index in [4.69, 9.17) is 26.2 Å². The van der Waals surface area contributed by atoms with E-state index in [0.29, 0.717) is 46.4 Å². The van der Waals surface area contributed by atoms with E-state index in [1.165, 1.54) is 0 Å². The van der Waals surface area contributed by atoms with Crippen molar-refractivity contribution in [1.29, 1.82) is 0 Å². The quantitative estimate of drug-likeness (QED) is 0.254. The average Bonchev–Trinajstić information content (AvgIpc) is 3.27. The molecule has 184 valence electrons. The smallest absolute Gasteiger partial charge is 0.338 e. The SMILES string of the molecule is CCCOC(=O)C1=C(C)Nc2nc(SCCC)nn2C1c1ccccc1OCc1ccccc1Cl. The van der Waals surface area contributed by atoms with Crippen molar-refractivity contribution in [2.75, 3.05) is 17.7 Å². The largest absolute Gasteiger partial charge is 0.488 e. The van der Waals surface area contributed by atoms with Crippen LogP contribution >= 0.6 is 23.4 Å². The average molecular weight is 513 g/mol. The Balaban J connectivity index is 1.75. The molecular weight excluding hydrogens is 484 g/mol. The molecule has 0 spiro atoms. The Kier molecular flexibility index (Phi) is 8.36. The Morgan fingerprint density at radius 3 is 2.69 bits per heavy atom. The molecular formula is C26H29ClN4O3S. The van der Waals surface area contributed by atoms with Gasteiger partial charge < -0.3 is 14.8 Å². The summed E-state index contributed by atoms with van der Waals surface area (Å²) in [5.74, 6) is 1.74. The van der Waals surface area contributed by atoms with E-state index >= 15 is 0 Å². The van der Waals surface area contributed by atoms with E-state index in [-0.39, 0.29) is 5.97 Å². The van der Waals surface area contributed by atoms with Crippen LogP contribution in [-0.2, 0) is 16.1 Å². The monoisotopic (exact) mass is 512 g/mol. The molecule has 7 nitrogen and oxygen atoms in total. The first kappa shape index (κ1) is 25.1. The van der Waals surface area contributed by atoms with Crippen LogP contribution in [0.3, 0.4) is 0 Å².